The van der Waals surface area contributed by atoms with Crippen LogP contribution in [-0.4, -0.2) is 22.3 Å². The number of hydrogen-bond acceptors (Lipinski definition) is 5. The van der Waals surface area contributed by atoms with Crippen LogP contribution in [0.4, 0.5) is 18.9 Å². The second kappa shape index (κ2) is 6.50. The third-order valence-corrected chi connectivity index (χ3v) is 3.79. The van der Waals surface area contributed by atoms with Gasteiger partial charge in [-0.05, 0) is 25.0 Å². The molecule has 1 aliphatic rings. The normalized spacial score (nSPS) is 16.8. The fourth-order valence-corrected chi connectivity index (χ4v) is 2.58. The third-order valence-electron chi connectivity index (χ3n) is 3.79. The molecule has 128 valence electrons. The number of alkyl halides is 3. The molecule has 0 unspecified atom stereocenters. The highest BCUT2D eigenvalue weighted by Crippen LogP contribution is 2.34. The molecule has 0 spiro atoms. The van der Waals surface area contributed by atoms with Crippen molar-refractivity contribution in [1.29, 1.82) is 0 Å². The van der Waals surface area contributed by atoms with E-state index in [1.54, 1.807) is 0 Å². The monoisotopic (exact) mass is 343 g/mol. The first-order chi connectivity index (χ1) is 11.1. The van der Waals surface area contributed by atoms with Crippen LogP contribution in [0, 0.1) is 16.0 Å². The average Bonchev–Trinajstić information content (AvgIpc) is 2.66. The summed E-state index contributed by atoms with van der Waals surface area (Å²) in [6.45, 7) is 0. The number of nitro benzene ring substituents is 1. The maximum absolute atomic E-state index is 12.7. The first kappa shape index (κ1) is 17.8. The Morgan fingerprint density at radius 1 is 1.12 bits per heavy atom. The van der Waals surface area contributed by atoms with Gasteiger partial charge in [-0.25, -0.2) is 0 Å². The molecule has 0 aromatic heterocycles. The van der Waals surface area contributed by atoms with Crippen molar-refractivity contribution in [3.8, 4) is 0 Å². The summed E-state index contributed by atoms with van der Waals surface area (Å²) in [4.78, 5) is 46.2. The molecule has 0 radical (unpaired) electrons. The number of carbonyl (C=O) groups is 3. The van der Waals surface area contributed by atoms with Crippen LogP contribution in [-0.2, 0) is 15.8 Å². The van der Waals surface area contributed by atoms with Gasteiger partial charge in [-0.2, -0.15) is 13.2 Å². The molecule has 0 bridgehead atoms. The third kappa shape index (κ3) is 3.50. The molecule has 0 amide bonds. The molecule has 2 rings (SSSR count). The molecule has 1 aliphatic carbocycles. The number of nitrogens with zero attached hydrogens (tertiary/aromatic N) is 1. The molecule has 1 aromatic rings. The van der Waals surface area contributed by atoms with Gasteiger partial charge in [0.2, 0.25) is 0 Å². The lowest BCUT2D eigenvalue weighted by molar-refractivity contribution is -0.385. The zero-order chi connectivity index (χ0) is 18.1. The number of ketones is 3. The Morgan fingerprint density at radius 3 is 2.12 bits per heavy atom. The molecule has 24 heavy (non-hydrogen) atoms. The Hall–Kier alpha value is -2.58. The van der Waals surface area contributed by atoms with Crippen LogP contribution >= 0.6 is 0 Å². The molecule has 6 nitrogen and oxygen atoms in total. The fraction of sp³-hybridized carbons (Fsp3) is 0.400. The van der Waals surface area contributed by atoms with Crippen molar-refractivity contribution in [2.75, 3.05) is 0 Å². The SMILES string of the molecule is O=C1CCCCC(=O)C1C(=O)c1ccc(C(F)(F)F)cc1[N+](=O)[O-]. The number of halogens is 3. The van der Waals surface area contributed by atoms with Gasteiger partial charge < -0.3 is 0 Å². The van der Waals surface area contributed by atoms with Gasteiger partial charge in [0.05, 0.1) is 16.1 Å². The molecule has 1 fully saturated rings. The summed E-state index contributed by atoms with van der Waals surface area (Å²) >= 11 is 0. The van der Waals surface area contributed by atoms with Gasteiger partial charge in [0.1, 0.15) is 5.92 Å². The first-order valence-electron chi connectivity index (χ1n) is 7.08. The van der Waals surface area contributed by atoms with Crippen molar-refractivity contribution in [3.63, 3.8) is 0 Å². The topological polar surface area (TPSA) is 94.3 Å². The Balaban J connectivity index is 2.50. The summed E-state index contributed by atoms with van der Waals surface area (Å²) in [5.74, 6) is -4.11. The van der Waals surface area contributed by atoms with E-state index in [0.717, 1.165) is 0 Å². The lowest BCUT2D eigenvalue weighted by Crippen LogP contribution is -2.31. The van der Waals surface area contributed by atoms with Crippen molar-refractivity contribution < 1.29 is 32.5 Å². The Bertz CT molecular complexity index is 708. The minimum atomic E-state index is -4.82. The molecule has 0 heterocycles. The molecule has 1 aromatic carbocycles. The molecule has 0 saturated heterocycles. The van der Waals surface area contributed by atoms with Crippen LogP contribution in [0.5, 0.6) is 0 Å². The van der Waals surface area contributed by atoms with Crippen molar-refractivity contribution >= 4 is 23.0 Å². The highest BCUT2D eigenvalue weighted by Gasteiger charge is 2.39. The standard InChI is InChI=1S/C15H12F3NO5/c16-15(17,18)8-5-6-9(10(7-8)19(23)24)14(22)13-11(20)3-1-2-4-12(13)21/h5-7,13H,1-4H2. The number of carbonyl (C=O) groups excluding carboxylic acids is 3. The predicted octanol–water partition coefficient (Wildman–Crippen LogP) is 3.12. The smallest absolute Gasteiger partial charge is 0.298 e. The summed E-state index contributed by atoms with van der Waals surface area (Å²) in [6, 6.07) is 1.40. The number of nitro groups is 1. The van der Waals surface area contributed by atoms with Crippen LogP contribution < -0.4 is 0 Å². The van der Waals surface area contributed by atoms with Gasteiger partial charge in [0.25, 0.3) is 5.69 Å². The van der Waals surface area contributed by atoms with E-state index in [1.807, 2.05) is 0 Å². The molecule has 0 atom stereocenters. The Labute approximate surface area is 133 Å². The number of benzene rings is 1. The maximum Gasteiger partial charge on any atom is 0.416 e. The zero-order valence-electron chi connectivity index (χ0n) is 12.3. The van der Waals surface area contributed by atoms with Crippen LogP contribution in [0.15, 0.2) is 18.2 Å². The molecular formula is C15H12F3NO5. The number of hydrogen-bond donors (Lipinski definition) is 0. The average molecular weight is 343 g/mol. The van der Waals surface area contributed by atoms with Crippen LogP contribution in [0.1, 0.15) is 41.6 Å². The van der Waals surface area contributed by atoms with Gasteiger partial charge in [-0.15, -0.1) is 0 Å². The predicted molar refractivity (Wildman–Crippen MR) is 74.4 cm³/mol. The zero-order valence-corrected chi connectivity index (χ0v) is 12.3. The van der Waals surface area contributed by atoms with Gasteiger partial charge in [-0.3, -0.25) is 24.5 Å². The van der Waals surface area contributed by atoms with E-state index in [9.17, 15) is 37.7 Å². The summed E-state index contributed by atoms with van der Waals surface area (Å²) in [5.41, 5.74) is -3.02. The fourth-order valence-electron chi connectivity index (χ4n) is 2.58. The minimum Gasteiger partial charge on any atom is -0.298 e. The van der Waals surface area contributed by atoms with Gasteiger partial charge in [0.15, 0.2) is 17.3 Å². The van der Waals surface area contributed by atoms with E-state index in [1.165, 1.54) is 0 Å². The maximum atomic E-state index is 12.7. The molecular weight excluding hydrogens is 331 g/mol. The van der Waals surface area contributed by atoms with E-state index in [0.29, 0.717) is 25.0 Å². The number of Topliss-reactive ketones (excluding diaryl/α,β-unsaturated/α-hetero) is 3. The van der Waals surface area contributed by atoms with Crippen LogP contribution in [0.25, 0.3) is 0 Å². The number of rotatable bonds is 3. The lowest BCUT2D eigenvalue weighted by Gasteiger charge is -2.12. The van der Waals surface area contributed by atoms with Crippen LogP contribution in [0.2, 0.25) is 0 Å². The summed E-state index contributed by atoms with van der Waals surface area (Å²) < 4.78 is 38.0. The molecule has 1 saturated carbocycles. The largest absolute Gasteiger partial charge is 0.416 e. The highest BCUT2D eigenvalue weighted by atomic mass is 19.4. The van der Waals surface area contributed by atoms with Crippen molar-refractivity contribution in [3.05, 3.63) is 39.4 Å². The van der Waals surface area contributed by atoms with E-state index < -0.39 is 51.2 Å². The van der Waals surface area contributed by atoms with Crippen molar-refractivity contribution in [1.82, 2.24) is 0 Å². The Morgan fingerprint density at radius 2 is 1.67 bits per heavy atom. The minimum absolute atomic E-state index is 0.0173. The molecule has 0 aliphatic heterocycles. The van der Waals surface area contributed by atoms with E-state index in [4.69, 9.17) is 0 Å². The van der Waals surface area contributed by atoms with Crippen molar-refractivity contribution in [2.45, 2.75) is 31.9 Å². The van der Waals surface area contributed by atoms with Crippen molar-refractivity contribution in [2.24, 2.45) is 5.92 Å². The summed E-state index contributed by atoms with van der Waals surface area (Å²) in [6.07, 6.45) is -4.01. The van der Waals surface area contributed by atoms with Gasteiger partial charge >= 0.3 is 6.18 Å². The lowest BCUT2D eigenvalue weighted by atomic mass is 9.88. The molecule has 9 heteroatoms. The first-order valence-corrected chi connectivity index (χ1v) is 7.08. The van der Waals surface area contributed by atoms with E-state index >= 15 is 0 Å². The molecule has 0 N–H and O–H groups in total. The van der Waals surface area contributed by atoms with E-state index in [-0.39, 0.29) is 18.9 Å². The van der Waals surface area contributed by atoms with Gasteiger partial charge in [0, 0.05) is 18.9 Å². The quantitative estimate of drug-likeness (QED) is 0.276. The highest BCUT2D eigenvalue weighted by molar-refractivity contribution is 6.25. The van der Waals surface area contributed by atoms with Crippen LogP contribution in [0.3, 0.4) is 0 Å². The second-order valence-electron chi connectivity index (χ2n) is 5.42. The Kier molecular flexibility index (Phi) is 4.81. The second-order valence-corrected chi connectivity index (χ2v) is 5.42. The summed E-state index contributed by atoms with van der Waals surface area (Å²) in [5, 5.41) is 11.0. The van der Waals surface area contributed by atoms with Gasteiger partial charge in [-0.1, -0.05) is 0 Å². The summed E-state index contributed by atoms with van der Waals surface area (Å²) in [7, 11) is 0. The van der Waals surface area contributed by atoms with E-state index in [2.05, 4.69) is 0 Å².